The summed E-state index contributed by atoms with van der Waals surface area (Å²) in [6.07, 6.45) is 1.13. The lowest BCUT2D eigenvalue weighted by Gasteiger charge is -2.08. The number of furan rings is 1. The summed E-state index contributed by atoms with van der Waals surface area (Å²) in [6.45, 7) is 4.04. The molecular formula is C18H18ClNO. The molecule has 3 rings (SSSR count). The lowest BCUT2D eigenvalue weighted by molar-refractivity contribution is 0.627. The molecule has 3 aromatic rings. The second-order valence-electron chi connectivity index (χ2n) is 5.13. The van der Waals surface area contributed by atoms with Gasteiger partial charge in [0.15, 0.2) is 0 Å². The fraction of sp³-hybridized carbons (Fsp3) is 0.222. The number of rotatable bonds is 5. The molecule has 0 fully saturated rings. The molecule has 0 amide bonds. The fourth-order valence-corrected chi connectivity index (χ4v) is 2.64. The maximum absolute atomic E-state index is 6.04. The standard InChI is InChI=1S/C18H18ClNO/c1-2-9-20-12-13-5-3-4-6-16(13)18-11-14-10-15(19)7-8-17(14)21-18/h3-8,10-11,20H,2,9,12H2,1H3. The molecule has 108 valence electrons. The van der Waals surface area contributed by atoms with Crippen LogP contribution in [-0.4, -0.2) is 6.54 Å². The van der Waals surface area contributed by atoms with Gasteiger partial charge < -0.3 is 9.73 Å². The van der Waals surface area contributed by atoms with Crippen molar-refractivity contribution in [3.63, 3.8) is 0 Å². The lowest BCUT2D eigenvalue weighted by Crippen LogP contribution is -2.14. The van der Waals surface area contributed by atoms with Crippen molar-refractivity contribution in [2.24, 2.45) is 0 Å². The number of benzene rings is 2. The van der Waals surface area contributed by atoms with E-state index in [0.29, 0.717) is 0 Å². The summed E-state index contributed by atoms with van der Waals surface area (Å²) in [6, 6.07) is 16.1. The van der Waals surface area contributed by atoms with Gasteiger partial charge in [-0.25, -0.2) is 0 Å². The van der Waals surface area contributed by atoms with E-state index in [0.717, 1.165) is 46.8 Å². The lowest BCUT2D eigenvalue weighted by atomic mass is 10.0. The maximum Gasteiger partial charge on any atom is 0.135 e. The van der Waals surface area contributed by atoms with Crippen LogP contribution in [0.3, 0.4) is 0 Å². The van der Waals surface area contributed by atoms with E-state index >= 15 is 0 Å². The summed E-state index contributed by atoms with van der Waals surface area (Å²) < 4.78 is 5.97. The summed E-state index contributed by atoms with van der Waals surface area (Å²) in [5, 5.41) is 5.21. The Balaban J connectivity index is 1.97. The van der Waals surface area contributed by atoms with Crippen molar-refractivity contribution < 1.29 is 4.42 Å². The Kier molecular flexibility index (Phi) is 4.28. The smallest absolute Gasteiger partial charge is 0.135 e. The van der Waals surface area contributed by atoms with Crippen LogP contribution in [0.1, 0.15) is 18.9 Å². The first-order valence-electron chi connectivity index (χ1n) is 7.26. The fourth-order valence-electron chi connectivity index (χ4n) is 2.46. The first-order valence-corrected chi connectivity index (χ1v) is 7.64. The minimum atomic E-state index is 0.729. The molecule has 21 heavy (non-hydrogen) atoms. The monoisotopic (exact) mass is 299 g/mol. The third-order valence-corrected chi connectivity index (χ3v) is 3.74. The van der Waals surface area contributed by atoms with Crippen LogP contribution >= 0.6 is 11.6 Å². The largest absolute Gasteiger partial charge is 0.456 e. The van der Waals surface area contributed by atoms with E-state index in [1.165, 1.54) is 5.56 Å². The number of halogens is 1. The van der Waals surface area contributed by atoms with Crippen molar-refractivity contribution in [3.8, 4) is 11.3 Å². The van der Waals surface area contributed by atoms with Gasteiger partial charge >= 0.3 is 0 Å². The van der Waals surface area contributed by atoms with Crippen LogP contribution in [0.15, 0.2) is 52.9 Å². The SMILES string of the molecule is CCCNCc1ccccc1-c1cc2cc(Cl)ccc2o1. The predicted molar refractivity (Wildman–Crippen MR) is 88.7 cm³/mol. The van der Waals surface area contributed by atoms with Crippen LogP contribution in [0, 0.1) is 0 Å². The number of nitrogens with one attached hydrogen (secondary N) is 1. The highest BCUT2D eigenvalue weighted by Gasteiger charge is 2.10. The molecule has 1 heterocycles. The zero-order valence-corrected chi connectivity index (χ0v) is 12.8. The quantitative estimate of drug-likeness (QED) is 0.651. The zero-order valence-electron chi connectivity index (χ0n) is 12.0. The van der Waals surface area contributed by atoms with E-state index in [1.54, 1.807) is 0 Å². The molecule has 0 aliphatic carbocycles. The molecule has 2 nitrogen and oxygen atoms in total. The van der Waals surface area contributed by atoms with Gasteiger partial charge in [0, 0.05) is 22.5 Å². The molecule has 0 saturated carbocycles. The molecule has 0 bridgehead atoms. The third-order valence-electron chi connectivity index (χ3n) is 3.50. The summed E-state index contributed by atoms with van der Waals surface area (Å²) in [7, 11) is 0. The second-order valence-corrected chi connectivity index (χ2v) is 5.56. The Morgan fingerprint density at radius 1 is 1.10 bits per heavy atom. The molecule has 3 heteroatoms. The third kappa shape index (κ3) is 3.12. The summed E-state index contributed by atoms with van der Waals surface area (Å²) in [4.78, 5) is 0. The van der Waals surface area contributed by atoms with Gasteiger partial charge in [0.1, 0.15) is 11.3 Å². The van der Waals surface area contributed by atoms with Crippen LogP contribution < -0.4 is 5.32 Å². The van der Waals surface area contributed by atoms with E-state index in [9.17, 15) is 0 Å². The normalized spacial score (nSPS) is 11.1. The molecule has 0 aliphatic rings. The molecule has 0 radical (unpaired) electrons. The highest BCUT2D eigenvalue weighted by Crippen LogP contribution is 2.31. The summed E-state index contributed by atoms with van der Waals surface area (Å²) in [5.41, 5.74) is 3.25. The molecule has 1 N–H and O–H groups in total. The van der Waals surface area contributed by atoms with E-state index in [-0.39, 0.29) is 0 Å². The highest BCUT2D eigenvalue weighted by atomic mass is 35.5. The van der Waals surface area contributed by atoms with Gasteiger partial charge in [-0.05, 0) is 42.8 Å². The average Bonchev–Trinajstić information content (AvgIpc) is 2.91. The van der Waals surface area contributed by atoms with Gasteiger partial charge in [0.2, 0.25) is 0 Å². The second kappa shape index (κ2) is 6.33. The Labute approximate surface area is 129 Å². The van der Waals surface area contributed by atoms with Gasteiger partial charge in [-0.15, -0.1) is 0 Å². The Hall–Kier alpha value is -1.77. The Morgan fingerprint density at radius 3 is 2.81 bits per heavy atom. The summed E-state index contributed by atoms with van der Waals surface area (Å²) in [5.74, 6) is 0.890. The van der Waals surface area contributed by atoms with Gasteiger partial charge in [0.25, 0.3) is 0 Å². The van der Waals surface area contributed by atoms with Crippen LogP contribution in [0.25, 0.3) is 22.3 Å². The molecule has 0 atom stereocenters. The van der Waals surface area contributed by atoms with Gasteiger partial charge in [-0.1, -0.05) is 42.8 Å². The molecule has 0 aliphatic heterocycles. The molecule has 0 spiro atoms. The highest BCUT2D eigenvalue weighted by molar-refractivity contribution is 6.31. The summed E-state index contributed by atoms with van der Waals surface area (Å²) >= 11 is 6.04. The number of fused-ring (bicyclic) bond motifs is 1. The van der Waals surface area contributed by atoms with Gasteiger partial charge in [-0.2, -0.15) is 0 Å². The minimum absolute atomic E-state index is 0.729. The zero-order chi connectivity index (χ0) is 14.7. The van der Waals surface area contributed by atoms with Crippen molar-refractivity contribution in [1.29, 1.82) is 0 Å². The van der Waals surface area contributed by atoms with Crippen LogP contribution in [0.5, 0.6) is 0 Å². The van der Waals surface area contributed by atoms with Crippen LogP contribution in [-0.2, 0) is 6.54 Å². The maximum atomic E-state index is 6.04. The first-order chi connectivity index (χ1) is 10.3. The number of hydrogen-bond donors (Lipinski definition) is 1. The van der Waals surface area contributed by atoms with Crippen LogP contribution in [0.2, 0.25) is 5.02 Å². The van der Waals surface area contributed by atoms with Crippen molar-refractivity contribution in [2.45, 2.75) is 19.9 Å². The topological polar surface area (TPSA) is 25.2 Å². The average molecular weight is 300 g/mol. The molecule has 0 unspecified atom stereocenters. The van der Waals surface area contributed by atoms with E-state index in [4.69, 9.17) is 16.0 Å². The van der Waals surface area contributed by atoms with Crippen molar-refractivity contribution >= 4 is 22.6 Å². The predicted octanol–water partition coefficient (Wildman–Crippen LogP) is 5.25. The van der Waals surface area contributed by atoms with E-state index in [2.05, 4.69) is 36.5 Å². The van der Waals surface area contributed by atoms with E-state index < -0.39 is 0 Å². The first kappa shape index (κ1) is 14.2. The molecular weight excluding hydrogens is 282 g/mol. The number of hydrogen-bond acceptors (Lipinski definition) is 2. The van der Waals surface area contributed by atoms with Crippen LogP contribution in [0.4, 0.5) is 0 Å². The Bertz CT molecular complexity index is 748. The molecule has 1 aromatic heterocycles. The molecule has 2 aromatic carbocycles. The van der Waals surface area contributed by atoms with Crippen molar-refractivity contribution in [1.82, 2.24) is 5.32 Å². The van der Waals surface area contributed by atoms with Crippen molar-refractivity contribution in [2.75, 3.05) is 6.54 Å². The van der Waals surface area contributed by atoms with Gasteiger partial charge in [-0.3, -0.25) is 0 Å². The van der Waals surface area contributed by atoms with Gasteiger partial charge in [0.05, 0.1) is 0 Å². The Morgan fingerprint density at radius 2 is 1.95 bits per heavy atom. The van der Waals surface area contributed by atoms with E-state index in [1.807, 2.05) is 24.3 Å². The molecule has 0 saturated heterocycles. The van der Waals surface area contributed by atoms with Crippen molar-refractivity contribution in [3.05, 3.63) is 59.1 Å². The minimum Gasteiger partial charge on any atom is -0.456 e.